The van der Waals surface area contributed by atoms with Crippen molar-refractivity contribution in [2.75, 3.05) is 5.32 Å². The van der Waals surface area contributed by atoms with Gasteiger partial charge in [-0.05, 0) is 49.3 Å². The van der Waals surface area contributed by atoms with Crippen molar-refractivity contribution >= 4 is 34.0 Å². The van der Waals surface area contributed by atoms with Gasteiger partial charge in [0.1, 0.15) is 0 Å². The number of benzene rings is 1. The molecule has 1 aromatic heterocycles. The van der Waals surface area contributed by atoms with Gasteiger partial charge in [0.05, 0.1) is 11.6 Å². The first-order valence-electron chi connectivity index (χ1n) is 8.09. The van der Waals surface area contributed by atoms with E-state index in [-0.39, 0.29) is 17.7 Å². The molecule has 0 radical (unpaired) electrons. The summed E-state index contributed by atoms with van der Waals surface area (Å²) >= 11 is 7.58. The maximum atomic E-state index is 12.8. The zero-order chi connectivity index (χ0) is 16.4. The summed E-state index contributed by atoms with van der Waals surface area (Å²) in [6.07, 6.45) is 4.55. The molecule has 0 spiro atoms. The Kier molecular flexibility index (Phi) is 5.02. The number of rotatable bonds is 4. The third-order valence-corrected chi connectivity index (χ3v) is 5.58. The Labute approximate surface area is 146 Å². The molecule has 1 atom stereocenters. The van der Waals surface area contributed by atoms with Gasteiger partial charge in [0.15, 0.2) is 5.13 Å². The molecule has 2 aromatic rings. The Bertz CT molecular complexity index is 670. The summed E-state index contributed by atoms with van der Waals surface area (Å²) in [6.45, 7) is 4.12. The van der Waals surface area contributed by atoms with Crippen LogP contribution in [-0.2, 0) is 17.6 Å². The van der Waals surface area contributed by atoms with Gasteiger partial charge < -0.3 is 5.32 Å². The largest absolute Gasteiger partial charge is 0.301 e. The molecule has 0 aliphatic heterocycles. The number of aromatic nitrogens is 1. The zero-order valence-corrected chi connectivity index (χ0v) is 15.0. The highest BCUT2D eigenvalue weighted by molar-refractivity contribution is 7.15. The second-order valence-corrected chi connectivity index (χ2v) is 7.88. The van der Waals surface area contributed by atoms with Gasteiger partial charge in [0.25, 0.3) is 0 Å². The van der Waals surface area contributed by atoms with Crippen molar-refractivity contribution in [2.24, 2.45) is 5.92 Å². The number of carbonyl (C=O) groups is 1. The van der Waals surface area contributed by atoms with Gasteiger partial charge >= 0.3 is 0 Å². The van der Waals surface area contributed by atoms with E-state index in [2.05, 4.69) is 24.1 Å². The third kappa shape index (κ3) is 3.75. The number of nitrogens with one attached hydrogen (secondary N) is 1. The molecule has 0 fully saturated rings. The zero-order valence-electron chi connectivity index (χ0n) is 13.4. The Morgan fingerprint density at radius 1 is 1.22 bits per heavy atom. The Hall–Kier alpha value is -1.39. The molecule has 122 valence electrons. The van der Waals surface area contributed by atoms with E-state index < -0.39 is 0 Å². The van der Waals surface area contributed by atoms with Crippen molar-refractivity contribution in [1.29, 1.82) is 0 Å². The van der Waals surface area contributed by atoms with E-state index in [9.17, 15) is 4.79 Å². The summed E-state index contributed by atoms with van der Waals surface area (Å²) < 4.78 is 0. The van der Waals surface area contributed by atoms with Crippen LogP contribution in [0.3, 0.4) is 0 Å². The topological polar surface area (TPSA) is 42.0 Å². The third-order valence-electron chi connectivity index (χ3n) is 4.25. The van der Waals surface area contributed by atoms with Gasteiger partial charge in [-0.25, -0.2) is 4.98 Å². The minimum absolute atomic E-state index is 0.00780. The summed E-state index contributed by atoms with van der Waals surface area (Å²) in [4.78, 5) is 18.7. The lowest BCUT2D eigenvalue weighted by molar-refractivity contribution is -0.118. The van der Waals surface area contributed by atoms with Gasteiger partial charge in [-0.15, -0.1) is 11.3 Å². The number of nitrogens with zero attached hydrogens (tertiary/aromatic N) is 1. The standard InChI is InChI=1S/C18H21ClN2OS/c1-11(2)16(12-7-9-13(19)10-8-12)17(22)21-18-20-14-5-3-4-6-15(14)23-18/h7-11,16H,3-6H2,1-2H3,(H,20,21,22)/t16-/m1/s1. The van der Waals surface area contributed by atoms with Crippen LogP contribution < -0.4 is 5.32 Å². The van der Waals surface area contributed by atoms with E-state index in [0.29, 0.717) is 5.02 Å². The highest BCUT2D eigenvalue weighted by Gasteiger charge is 2.25. The second kappa shape index (κ2) is 7.02. The molecule has 3 nitrogen and oxygen atoms in total. The minimum atomic E-state index is -0.201. The Morgan fingerprint density at radius 3 is 2.57 bits per heavy atom. The van der Waals surface area contributed by atoms with E-state index in [1.54, 1.807) is 11.3 Å². The number of fused-ring (bicyclic) bond motifs is 1. The summed E-state index contributed by atoms with van der Waals surface area (Å²) in [6, 6.07) is 7.53. The Morgan fingerprint density at radius 2 is 1.91 bits per heavy atom. The van der Waals surface area contributed by atoms with E-state index in [1.165, 1.54) is 23.4 Å². The first-order chi connectivity index (χ1) is 11.0. The van der Waals surface area contributed by atoms with Crippen LogP contribution in [0, 0.1) is 5.92 Å². The molecule has 1 aromatic carbocycles. The molecule has 1 aliphatic carbocycles. The molecule has 1 heterocycles. The number of aryl methyl sites for hydroxylation is 2. The molecule has 3 rings (SSSR count). The predicted molar refractivity (Wildman–Crippen MR) is 96.4 cm³/mol. The van der Waals surface area contributed by atoms with Gasteiger partial charge in [0.2, 0.25) is 5.91 Å². The number of anilines is 1. The molecule has 1 amide bonds. The highest BCUT2D eigenvalue weighted by Crippen LogP contribution is 2.32. The van der Waals surface area contributed by atoms with Gasteiger partial charge in [-0.3, -0.25) is 4.79 Å². The molecule has 1 aliphatic rings. The lowest BCUT2D eigenvalue weighted by Crippen LogP contribution is -2.25. The first-order valence-corrected chi connectivity index (χ1v) is 9.29. The fraction of sp³-hybridized carbons (Fsp3) is 0.444. The normalized spacial score (nSPS) is 15.3. The van der Waals surface area contributed by atoms with Crippen molar-refractivity contribution in [3.05, 3.63) is 45.4 Å². The quantitative estimate of drug-likeness (QED) is 0.839. The fourth-order valence-corrected chi connectivity index (χ4v) is 4.28. The molecular weight excluding hydrogens is 328 g/mol. The second-order valence-electron chi connectivity index (χ2n) is 6.36. The van der Waals surface area contributed by atoms with Crippen LogP contribution in [0.2, 0.25) is 5.02 Å². The van der Waals surface area contributed by atoms with E-state index >= 15 is 0 Å². The number of carbonyl (C=O) groups excluding carboxylic acids is 1. The lowest BCUT2D eigenvalue weighted by atomic mass is 9.88. The lowest BCUT2D eigenvalue weighted by Gasteiger charge is -2.20. The number of hydrogen-bond acceptors (Lipinski definition) is 3. The molecule has 0 bridgehead atoms. The summed E-state index contributed by atoms with van der Waals surface area (Å²) in [5.41, 5.74) is 2.16. The summed E-state index contributed by atoms with van der Waals surface area (Å²) in [7, 11) is 0. The van der Waals surface area contributed by atoms with E-state index in [0.717, 1.165) is 23.5 Å². The Balaban J connectivity index is 1.78. The SMILES string of the molecule is CC(C)[C@@H](C(=O)Nc1nc2c(s1)CCCC2)c1ccc(Cl)cc1. The monoisotopic (exact) mass is 348 g/mol. The van der Waals surface area contributed by atoms with Crippen LogP contribution in [-0.4, -0.2) is 10.9 Å². The summed E-state index contributed by atoms with van der Waals surface area (Å²) in [5.74, 6) is 0.00683. The molecule has 0 saturated heterocycles. The average molecular weight is 349 g/mol. The van der Waals surface area contributed by atoms with Crippen LogP contribution in [0.1, 0.15) is 48.7 Å². The maximum Gasteiger partial charge on any atom is 0.233 e. The van der Waals surface area contributed by atoms with Crippen molar-refractivity contribution in [3.8, 4) is 0 Å². The smallest absolute Gasteiger partial charge is 0.233 e. The van der Waals surface area contributed by atoms with Crippen LogP contribution >= 0.6 is 22.9 Å². The summed E-state index contributed by atoms with van der Waals surface area (Å²) in [5, 5.41) is 4.45. The minimum Gasteiger partial charge on any atom is -0.301 e. The van der Waals surface area contributed by atoms with Crippen molar-refractivity contribution in [3.63, 3.8) is 0 Å². The van der Waals surface area contributed by atoms with E-state index in [1.807, 2.05) is 24.3 Å². The molecule has 1 N–H and O–H groups in total. The van der Waals surface area contributed by atoms with E-state index in [4.69, 9.17) is 11.6 Å². The first kappa shape index (κ1) is 16.5. The number of amides is 1. The molecule has 5 heteroatoms. The molecule has 0 saturated carbocycles. The average Bonchev–Trinajstić information content (AvgIpc) is 2.91. The van der Waals surface area contributed by atoms with Crippen LogP contribution in [0.15, 0.2) is 24.3 Å². The molecular formula is C18H21ClN2OS. The number of hydrogen-bond donors (Lipinski definition) is 1. The van der Waals surface area contributed by atoms with Crippen molar-refractivity contribution in [2.45, 2.75) is 45.4 Å². The van der Waals surface area contributed by atoms with Gasteiger partial charge in [-0.2, -0.15) is 0 Å². The van der Waals surface area contributed by atoms with Crippen molar-refractivity contribution in [1.82, 2.24) is 4.98 Å². The predicted octanol–water partition coefficient (Wildman–Crippen LogP) is 5.05. The van der Waals surface area contributed by atoms with Crippen LogP contribution in [0.25, 0.3) is 0 Å². The molecule has 23 heavy (non-hydrogen) atoms. The van der Waals surface area contributed by atoms with Crippen LogP contribution in [0.5, 0.6) is 0 Å². The van der Waals surface area contributed by atoms with Gasteiger partial charge in [0, 0.05) is 9.90 Å². The van der Waals surface area contributed by atoms with Gasteiger partial charge in [-0.1, -0.05) is 37.6 Å². The fourth-order valence-electron chi connectivity index (χ4n) is 3.10. The maximum absolute atomic E-state index is 12.8. The van der Waals surface area contributed by atoms with Crippen LogP contribution in [0.4, 0.5) is 5.13 Å². The number of halogens is 1. The highest BCUT2D eigenvalue weighted by atomic mass is 35.5. The van der Waals surface area contributed by atoms with Crippen molar-refractivity contribution < 1.29 is 4.79 Å². The molecule has 0 unspecified atom stereocenters. The number of thiazole rings is 1.